The predicted octanol–water partition coefficient (Wildman–Crippen LogP) is 1.77. The van der Waals surface area contributed by atoms with E-state index in [1.807, 2.05) is 0 Å². The van der Waals surface area contributed by atoms with Gasteiger partial charge in [0.25, 0.3) is 0 Å². The summed E-state index contributed by atoms with van der Waals surface area (Å²) in [5, 5.41) is 0. The highest BCUT2D eigenvalue weighted by molar-refractivity contribution is 5.40. The summed E-state index contributed by atoms with van der Waals surface area (Å²) >= 11 is 0. The van der Waals surface area contributed by atoms with Crippen molar-refractivity contribution in [2.24, 2.45) is 23.3 Å². The van der Waals surface area contributed by atoms with E-state index in [2.05, 4.69) is 24.3 Å². The van der Waals surface area contributed by atoms with Crippen LogP contribution in [0, 0.1) is 11.8 Å². The third-order valence-corrected chi connectivity index (χ3v) is 4.63. The van der Waals surface area contributed by atoms with E-state index in [9.17, 15) is 0 Å². The Balaban J connectivity index is 1.96. The van der Waals surface area contributed by atoms with E-state index < -0.39 is 0 Å². The smallest absolute Gasteiger partial charge is 0.0444 e. The quantitative estimate of drug-likeness (QED) is 0.751. The molecule has 2 heteroatoms. The molecule has 0 saturated heterocycles. The molecule has 3 rings (SSSR count). The summed E-state index contributed by atoms with van der Waals surface area (Å²) in [5.74, 6) is 1.31. The van der Waals surface area contributed by atoms with Crippen LogP contribution >= 0.6 is 0 Å². The van der Waals surface area contributed by atoms with Gasteiger partial charge < -0.3 is 11.5 Å². The van der Waals surface area contributed by atoms with Crippen LogP contribution in [0.15, 0.2) is 24.3 Å². The number of nitrogens with two attached hydrogens (primary N) is 2. The van der Waals surface area contributed by atoms with Gasteiger partial charge in [0.2, 0.25) is 0 Å². The predicted molar refractivity (Wildman–Crippen MR) is 65.9 cm³/mol. The van der Waals surface area contributed by atoms with E-state index in [-0.39, 0.29) is 5.54 Å². The van der Waals surface area contributed by atoms with Crippen molar-refractivity contribution in [1.82, 2.24) is 0 Å². The molecule has 86 valence electrons. The van der Waals surface area contributed by atoms with Crippen LogP contribution in [-0.4, -0.2) is 6.54 Å². The van der Waals surface area contributed by atoms with Crippen LogP contribution in [0.25, 0.3) is 0 Å². The van der Waals surface area contributed by atoms with E-state index in [0.717, 1.165) is 19.4 Å². The van der Waals surface area contributed by atoms with E-state index in [4.69, 9.17) is 11.5 Å². The Morgan fingerprint density at radius 2 is 2.12 bits per heavy atom. The highest BCUT2D eigenvalue weighted by Gasteiger charge is 2.46. The number of hydrogen-bond donors (Lipinski definition) is 2. The molecule has 2 nitrogen and oxygen atoms in total. The molecule has 2 aliphatic carbocycles. The summed E-state index contributed by atoms with van der Waals surface area (Å²) in [4.78, 5) is 0. The molecule has 1 aromatic carbocycles. The molecule has 0 heterocycles. The summed E-state index contributed by atoms with van der Waals surface area (Å²) in [6.07, 6.45) is 4.67. The fraction of sp³-hybridized carbons (Fsp3) is 0.571. The summed E-state index contributed by atoms with van der Waals surface area (Å²) in [6, 6.07) is 8.70. The Morgan fingerprint density at radius 3 is 2.94 bits per heavy atom. The Hall–Kier alpha value is -0.860. The molecule has 4 N–H and O–H groups in total. The van der Waals surface area contributed by atoms with Gasteiger partial charge in [0.1, 0.15) is 0 Å². The molecule has 1 fully saturated rings. The number of rotatable bonds is 1. The molecule has 2 aliphatic rings. The fourth-order valence-electron chi connectivity index (χ4n) is 3.63. The first-order valence-corrected chi connectivity index (χ1v) is 6.31. The third kappa shape index (κ3) is 1.33. The second kappa shape index (κ2) is 3.57. The van der Waals surface area contributed by atoms with E-state index >= 15 is 0 Å². The fourth-order valence-corrected chi connectivity index (χ4v) is 3.63. The van der Waals surface area contributed by atoms with Crippen molar-refractivity contribution in [3.05, 3.63) is 35.4 Å². The van der Waals surface area contributed by atoms with Gasteiger partial charge in [0.15, 0.2) is 0 Å². The van der Waals surface area contributed by atoms with Crippen LogP contribution in [0.2, 0.25) is 0 Å². The van der Waals surface area contributed by atoms with Crippen molar-refractivity contribution in [1.29, 1.82) is 0 Å². The summed E-state index contributed by atoms with van der Waals surface area (Å²) < 4.78 is 0. The Bertz CT molecular complexity index is 401. The molecule has 0 bridgehead atoms. The zero-order valence-corrected chi connectivity index (χ0v) is 9.65. The van der Waals surface area contributed by atoms with E-state index in [0.29, 0.717) is 11.8 Å². The van der Waals surface area contributed by atoms with Gasteiger partial charge in [-0.25, -0.2) is 0 Å². The van der Waals surface area contributed by atoms with E-state index in [1.165, 1.54) is 24.0 Å². The largest absolute Gasteiger partial charge is 0.330 e. The molecule has 0 spiro atoms. The molecule has 0 radical (unpaired) electrons. The monoisotopic (exact) mass is 216 g/mol. The minimum absolute atomic E-state index is 0.0533. The minimum Gasteiger partial charge on any atom is -0.330 e. The Morgan fingerprint density at radius 1 is 1.31 bits per heavy atom. The second-order valence-electron chi connectivity index (χ2n) is 5.47. The van der Waals surface area contributed by atoms with Crippen molar-refractivity contribution in [3.63, 3.8) is 0 Å². The first kappa shape index (κ1) is 10.3. The van der Waals surface area contributed by atoms with E-state index in [1.54, 1.807) is 0 Å². The lowest BCUT2D eigenvalue weighted by Crippen LogP contribution is -2.46. The normalized spacial score (nSPS) is 36.9. The van der Waals surface area contributed by atoms with Crippen LogP contribution in [0.1, 0.15) is 30.4 Å². The number of fused-ring (bicyclic) bond motifs is 3. The Kier molecular flexibility index (Phi) is 2.30. The molecule has 0 aromatic heterocycles. The van der Waals surface area contributed by atoms with Gasteiger partial charge in [-0.3, -0.25) is 0 Å². The maximum absolute atomic E-state index is 6.65. The van der Waals surface area contributed by atoms with Crippen LogP contribution in [0.5, 0.6) is 0 Å². The molecule has 1 unspecified atom stereocenters. The highest BCUT2D eigenvalue weighted by atomic mass is 14.8. The van der Waals surface area contributed by atoms with Crippen molar-refractivity contribution in [2.45, 2.75) is 31.2 Å². The van der Waals surface area contributed by atoms with Crippen LogP contribution < -0.4 is 11.5 Å². The number of benzene rings is 1. The van der Waals surface area contributed by atoms with Gasteiger partial charge in [0, 0.05) is 5.54 Å². The van der Waals surface area contributed by atoms with Gasteiger partial charge in [-0.15, -0.1) is 0 Å². The summed E-state index contributed by atoms with van der Waals surface area (Å²) in [7, 11) is 0. The number of hydrogen-bond acceptors (Lipinski definition) is 2. The van der Waals surface area contributed by atoms with Crippen molar-refractivity contribution < 1.29 is 0 Å². The standard InChI is InChI=1S/C14H20N2/c15-9-10-5-6-14(16)12(7-10)8-11-3-1-2-4-13(11)14/h1-4,10,12H,5-9,15-16H2/t10?,12-,14+/m1/s1. The van der Waals surface area contributed by atoms with Crippen molar-refractivity contribution >= 4 is 0 Å². The van der Waals surface area contributed by atoms with Gasteiger partial charge >= 0.3 is 0 Å². The molecular weight excluding hydrogens is 196 g/mol. The molecule has 3 atom stereocenters. The van der Waals surface area contributed by atoms with Gasteiger partial charge in [-0.2, -0.15) is 0 Å². The molecular formula is C14H20N2. The van der Waals surface area contributed by atoms with Crippen molar-refractivity contribution in [2.75, 3.05) is 6.54 Å². The average molecular weight is 216 g/mol. The lowest BCUT2D eigenvalue weighted by molar-refractivity contribution is 0.163. The molecule has 0 amide bonds. The zero-order valence-electron chi connectivity index (χ0n) is 9.65. The summed E-state index contributed by atoms with van der Waals surface area (Å²) in [5.41, 5.74) is 15.3. The molecule has 16 heavy (non-hydrogen) atoms. The molecule has 0 aliphatic heterocycles. The lowest BCUT2D eigenvalue weighted by Gasteiger charge is -2.40. The first-order chi connectivity index (χ1) is 7.74. The maximum Gasteiger partial charge on any atom is 0.0444 e. The maximum atomic E-state index is 6.65. The molecule has 1 saturated carbocycles. The van der Waals surface area contributed by atoms with Crippen LogP contribution in [0.4, 0.5) is 0 Å². The van der Waals surface area contributed by atoms with Gasteiger partial charge in [-0.1, -0.05) is 24.3 Å². The topological polar surface area (TPSA) is 52.0 Å². The van der Waals surface area contributed by atoms with Crippen LogP contribution in [0.3, 0.4) is 0 Å². The first-order valence-electron chi connectivity index (χ1n) is 6.31. The van der Waals surface area contributed by atoms with Gasteiger partial charge in [-0.05, 0) is 55.2 Å². The minimum atomic E-state index is -0.0533. The SMILES string of the molecule is NCC1CC[C@@]2(N)c3ccccc3C[C@H]2C1. The average Bonchev–Trinajstić information content (AvgIpc) is 2.61. The summed E-state index contributed by atoms with van der Waals surface area (Å²) in [6.45, 7) is 0.822. The lowest BCUT2D eigenvalue weighted by atomic mass is 9.69. The second-order valence-corrected chi connectivity index (χ2v) is 5.47. The van der Waals surface area contributed by atoms with Crippen molar-refractivity contribution in [3.8, 4) is 0 Å². The van der Waals surface area contributed by atoms with Gasteiger partial charge in [0.05, 0.1) is 0 Å². The Labute approximate surface area is 97.0 Å². The molecule has 1 aromatic rings. The third-order valence-electron chi connectivity index (χ3n) is 4.63. The van der Waals surface area contributed by atoms with Crippen LogP contribution in [-0.2, 0) is 12.0 Å². The zero-order chi connectivity index (χ0) is 11.2. The highest BCUT2D eigenvalue weighted by Crippen LogP contribution is 2.49.